The number of hydrogen-bond acceptors (Lipinski definition) is 5. The monoisotopic (exact) mass is 394 g/mol. The van der Waals surface area contributed by atoms with Gasteiger partial charge in [-0.1, -0.05) is 24.3 Å². The fraction of sp³-hybridized carbons (Fsp3) is 0.455. The number of rotatable bonds is 4. The zero-order valence-electron chi connectivity index (χ0n) is 17.4. The molecule has 0 radical (unpaired) electrons. The van der Waals surface area contributed by atoms with E-state index < -0.39 is 29.8 Å². The van der Waals surface area contributed by atoms with Gasteiger partial charge in [-0.2, -0.15) is 0 Å². The zero-order chi connectivity index (χ0) is 20.9. The third-order valence-corrected chi connectivity index (χ3v) is 6.52. The molecule has 0 saturated carbocycles. The number of benzene rings is 1. The van der Waals surface area contributed by atoms with Gasteiger partial charge in [0.2, 0.25) is 0 Å². The number of amides is 1. The highest BCUT2D eigenvalue weighted by atomic mass is 16.7. The lowest BCUT2D eigenvalue weighted by Crippen LogP contribution is -2.41. The van der Waals surface area contributed by atoms with Crippen molar-refractivity contribution in [2.75, 3.05) is 6.61 Å². The van der Waals surface area contributed by atoms with Crippen LogP contribution in [0.25, 0.3) is 0 Å². The molecule has 0 atom stereocenters. The maximum atomic E-state index is 11.4. The van der Waals surface area contributed by atoms with E-state index in [1.165, 1.54) is 11.1 Å². The number of aromatic nitrogens is 1. The van der Waals surface area contributed by atoms with Crippen molar-refractivity contribution in [1.82, 2.24) is 4.98 Å². The number of ether oxygens (including phenoxy) is 1. The van der Waals surface area contributed by atoms with Crippen molar-refractivity contribution in [2.24, 2.45) is 5.73 Å². The van der Waals surface area contributed by atoms with Crippen LogP contribution in [0.2, 0.25) is 0 Å². The summed E-state index contributed by atoms with van der Waals surface area (Å²) < 4.78 is 17.7. The van der Waals surface area contributed by atoms with E-state index in [0.717, 1.165) is 24.0 Å². The first-order valence-electron chi connectivity index (χ1n) is 9.93. The first-order chi connectivity index (χ1) is 13.6. The Bertz CT molecular complexity index is 903. The molecule has 152 valence electrons. The summed E-state index contributed by atoms with van der Waals surface area (Å²) in [6.07, 6.45) is 2.46. The summed E-state index contributed by atoms with van der Waals surface area (Å²) in [7, 11) is -0.473. The number of carbonyl (C=O) groups excluding carboxylic acids is 1. The van der Waals surface area contributed by atoms with Gasteiger partial charge in [0, 0.05) is 6.20 Å². The van der Waals surface area contributed by atoms with E-state index in [1.807, 2.05) is 52.0 Å². The molecule has 2 N–H and O–H groups in total. The van der Waals surface area contributed by atoms with Gasteiger partial charge in [0.05, 0.1) is 22.3 Å². The fourth-order valence-electron chi connectivity index (χ4n) is 4.12. The number of pyridine rings is 1. The Morgan fingerprint density at radius 3 is 2.24 bits per heavy atom. The Labute approximate surface area is 171 Å². The molecule has 1 aromatic heterocycles. The van der Waals surface area contributed by atoms with Crippen LogP contribution in [0.4, 0.5) is 4.79 Å². The number of hydrogen-bond donors (Lipinski definition) is 1. The van der Waals surface area contributed by atoms with Crippen LogP contribution < -0.4 is 11.2 Å². The minimum atomic E-state index is -0.776. The van der Waals surface area contributed by atoms with Crippen molar-refractivity contribution in [3.05, 3.63) is 59.4 Å². The second-order valence-electron chi connectivity index (χ2n) is 9.07. The number of carbonyl (C=O) groups is 1. The molecule has 2 aromatic rings. The Morgan fingerprint density at radius 2 is 1.69 bits per heavy atom. The van der Waals surface area contributed by atoms with E-state index in [1.54, 1.807) is 6.20 Å². The van der Waals surface area contributed by atoms with E-state index in [0.29, 0.717) is 0 Å². The highest BCUT2D eigenvalue weighted by Crippen LogP contribution is 2.40. The third-order valence-electron chi connectivity index (χ3n) is 6.52. The van der Waals surface area contributed by atoms with Gasteiger partial charge in [-0.3, -0.25) is 4.98 Å². The smallest absolute Gasteiger partial charge is 0.449 e. The molecule has 1 aliphatic carbocycles. The average Bonchev–Trinajstić information content (AvgIpc) is 3.15. The van der Waals surface area contributed by atoms with E-state index in [-0.39, 0.29) is 6.61 Å². The van der Waals surface area contributed by atoms with E-state index in [2.05, 4.69) is 17.1 Å². The molecule has 6 nitrogen and oxygen atoms in total. The number of fused-ring (bicyclic) bond motifs is 1. The Morgan fingerprint density at radius 1 is 1.10 bits per heavy atom. The molecule has 2 heterocycles. The molecule has 0 spiro atoms. The lowest BCUT2D eigenvalue weighted by molar-refractivity contribution is 0.00578. The maximum absolute atomic E-state index is 11.4. The number of nitrogens with zero attached hydrogens (tertiary/aromatic N) is 1. The molecule has 0 bridgehead atoms. The maximum Gasteiger partial charge on any atom is 0.494 e. The SMILES string of the molecule is CC1(C)OB(c2ccnc(C3(COC(N)=O)Cc4ccccc4C3)c2)OC1(C)C. The van der Waals surface area contributed by atoms with Gasteiger partial charge >= 0.3 is 13.2 Å². The van der Waals surface area contributed by atoms with Crippen LogP contribution >= 0.6 is 0 Å². The third kappa shape index (κ3) is 3.53. The molecule has 1 saturated heterocycles. The fourth-order valence-corrected chi connectivity index (χ4v) is 4.12. The molecule has 1 fully saturated rings. The number of nitrogens with two attached hydrogens (primary N) is 1. The van der Waals surface area contributed by atoms with Crippen LogP contribution in [0.1, 0.15) is 44.5 Å². The minimum absolute atomic E-state index is 0.177. The van der Waals surface area contributed by atoms with E-state index in [9.17, 15) is 4.79 Å². The second-order valence-corrected chi connectivity index (χ2v) is 9.07. The Balaban J connectivity index is 1.68. The summed E-state index contributed by atoms with van der Waals surface area (Å²) in [4.78, 5) is 16.0. The van der Waals surface area contributed by atoms with Gasteiger partial charge < -0.3 is 19.8 Å². The first kappa shape index (κ1) is 19.9. The van der Waals surface area contributed by atoms with Crippen LogP contribution in [-0.2, 0) is 32.3 Å². The lowest BCUT2D eigenvalue weighted by Gasteiger charge is -2.32. The van der Waals surface area contributed by atoms with Gasteiger partial charge in [-0.15, -0.1) is 0 Å². The molecular formula is C22H27BN2O4. The van der Waals surface area contributed by atoms with Crippen molar-refractivity contribution in [2.45, 2.75) is 57.2 Å². The molecule has 1 amide bonds. The van der Waals surface area contributed by atoms with Crippen molar-refractivity contribution in [1.29, 1.82) is 0 Å². The van der Waals surface area contributed by atoms with Crippen molar-refractivity contribution < 1.29 is 18.8 Å². The highest BCUT2D eigenvalue weighted by molar-refractivity contribution is 6.62. The van der Waals surface area contributed by atoms with Gasteiger partial charge in [-0.25, -0.2) is 4.79 Å². The standard InChI is InChI=1S/C22H27BN2O4/c1-20(2)21(3,4)29-23(28-20)17-9-10-25-18(11-17)22(14-27-19(24)26)12-15-7-5-6-8-16(15)13-22/h5-11H,12-14H2,1-4H3,(H2,24,26). The molecule has 4 rings (SSSR count). The van der Waals surface area contributed by atoms with Crippen molar-refractivity contribution in [3.8, 4) is 0 Å². The number of primary amides is 1. The summed E-state index contributed by atoms with van der Waals surface area (Å²) in [6.45, 7) is 8.31. The molecule has 0 unspecified atom stereocenters. The van der Waals surface area contributed by atoms with Crippen LogP contribution in [0.3, 0.4) is 0 Å². The lowest BCUT2D eigenvalue weighted by atomic mass is 9.75. The summed E-state index contributed by atoms with van der Waals surface area (Å²) in [6, 6.07) is 12.2. The Hall–Kier alpha value is -2.38. The molecule has 2 aliphatic rings. The summed E-state index contributed by atoms with van der Waals surface area (Å²) >= 11 is 0. The van der Waals surface area contributed by atoms with Crippen LogP contribution in [0.5, 0.6) is 0 Å². The molecule has 1 aromatic carbocycles. The minimum Gasteiger partial charge on any atom is -0.449 e. The van der Waals surface area contributed by atoms with E-state index in [4.69, 9.17) is 19.8 Å². The summed E-state index contributed by atoms with van der Waals surface area (Å²) in [5.74, 6) is 0. The zero-order valence-corrected chi connectivity index (χ0v) is 17.4. The van der Waals surface area contributed by atoms with Crippen LogP contribution in [0.15, 0.2) is 42.6 Å². The van der Waals surface area contributed by atoms with E-state index >= 15 is 0 Å². The highest BCUT2D eigenvalue weighted by Gasteiger charge is 2.52. The predicted molar refractivity (Wildman–Crippen MR) is 111 cm³/mol. The van der Waals surface area contributed by atoms with Crippen molar-refractivity contribution in [3.63, 3.8) is 0 Å². The van der Waals surface area contributed by atoms with Crippen molar-refractivity contribution >= 4 is 18.7 Å². The Kier molecular flexibility index (Phi) is 4.71. The summed E-state index contributed by atoms with van der Waals surface area (Å²) in [5, 5.41) is 0. The van der Waals surface area contributed by atoms with Gasteiger partial charge in [0.25, 0.3) is 0 Å². The largest absolute Gasteiger partial charge is 0.494 e. The molecule has 7 heteroatoms. The van der Waals surface area contributed by atoms with Gasteiger partial charge in [0.15, 0.2) is 0 Å². The van der Waals surface area contributed by atoms with Gasteiger partial charge in [0.1, 0.15) is 6.61 Å². The molecule has 1 aliphatic heterocycles. The normalized spacial score (nSPS) is 21.0. The second kappa shape index (κ2) is 6.85. The summed E-state index contributed by atoms with van der Waals surface area (Å²) in [5.41, 5.74) is 8.22. The topological polar surface area (TPSA) is 83.7 Å². The van der Waals surface area contributed by atoms with Gasteiger partial charge in [-0.05, 0) is 69.3 Å². The first-order valence-corrected chi connectivity index (χ1v) is 9.93. The van der Waals surface area contributed by atoms with Crippen LogP contribution in [-0.4, -0.2) is 36.0 Å². The van der Waals surface area contributed by atoms with Crippen LogP contribution in [0, 0.1) is 0 Å². The quantitative estimate of drug-likeness (QED) is 0.806. The molecular weight excluding hydrogens is 367 g/mol. The predicted octanol–water partition coefficient (Wildman–Crippen LogP) is 2.51. The average molecular weight is 394 g/mol. The molecule has 29 heavy (non-hydrogen) atoms.